The van der Waals surface area contributed by atoms with E-state index in [-0.39, 0.29) is 0 Å². The number of halogens is 3. The molecule has 5 nitrogen and oxygen atoms in total. The molecular formula is C14H12F3N5S. The number of hydrogen-bond acceptors (Lipinski definition) is 5. The molecule has 0 saturated carbocycles. The number of rotatable bonds is 5. The minimum atomic E-state index is -4.28. The Balaban J connectivity index is 1.60. The van der Waals surface area contributed by atoms with Crippen LogP contribution in [0.4, 0.5) is 18.9 Å². The molecule has 3 aromatic rings. The minimum absolute atomic E-state index is 0.404. The predicted octanol–water partition coefficient (Wildman–Crippen LogP) is 3.58. The van der Waals surface area contributed by atoms with Crippen LogP contribution >= 0.6 is 11.3 Å². The number of nitrogens with one attached hydrogen (secondary N) is 1. The van der Waals surface area contributed by atoms with Crippen LogP contribution in [0.2, 0.25) is 0 Å². The lowest BCUT2D eigenvalue weighted by molar-refractivity contribution is -0.142. The van der Waals surface area contributed by atoms with Gasteiger partial charge >= 0.3 is 6.18 Å². The fourth-order valence-electron chi connectivity index (χ4n) is 1.91. The molecule has 23 heavy (non-hydrogen) atoms. The standard InChI is InChI=1S/C14H12F3N5S/c15-14(16,17)9-22-7-10(6-20-22)19-5-11-8-23-13(21-11)12-3-1-2-4-18-12/h1-4,6-8,19H,5,9H2. The van der Waals surface area contributed by atoms with Crippen LogP contribution in [0.25, 0.3) is 10.7 Å². The molecule has 0 unspecified atom stereocenters. The summed E-state index contributed by atoms with van der Waals surface area (Å²) in [5, 5.41) is 9.37. The van der Waals surface area contributed by atoms with Crippen molar-refractivity contribution in [2.45, 2.75) is 19.3 Å². The molecule has 0 aromatic carbocycles. The smallest absolute Gasteiger partial charge is 0.377 e. The van der Waals surface area contributed by atoms with E-state index in [0.717, 1.165) is 21.1 Å². The quantitative estimate of drug-likeness (QED) is 0.772. The van der Waals surface area contributed by atoms with E-state index in [4.69, 9.17) is 0 Å². The molecule has 0 aliphatic carbocycles. The number of thiazole rings is 1. The van der Waals surface area contributed by atoms with Gasteiger partial charge in [-0.15, -0.1) is 11.3 Å². The third-order valence-electron chi connectivity index (χ3n) is 2.88. The summed E-state index contributed by atoms with van der Waals surface area (Å²) in [5.74, 6) is 0. The zero-order valence-electron chi connectivity index (χ0n) is 11.8. The number of aromatic nitrogens is 4. The highest BCUT2D eigenvalue weighted by molar-refractivity contribution is 7.13. The second-order valence-electron chi connectivity index (χ2n) is 4.75. The van der Waals surface area contributed by atoms with E-state index in [0.29, 0.717) is 12.2 Å². The molecular weight excluding hydrogens is 327 g/mol. The molecule has 0 atom stereocenters. The molecule has 0 aliphatic rings. The second-order valence-corrected chi connectivity index (χ2v) is 5.61. The topological polar surface area (TPSA) is 55.6 Å². The first-order valence-corrected chi connectivity index (χ1v) is 7.56. The molecule has 3 rings (SSSR count). The fraction of sp³-hybridized carbons (Fsp3) is 0.214. The highest BCUT2D eigenvalue weighted by atomic mass is 32.1. The minimum Gasteiger partial charge on any atom is -0.377 e. The molecule has 0 spiro atoms. The van der Waals surface area contributed by atoms with Crippen molar-refractivity contribution in [3.63, 3.8) is 0 Å². The Morgan fingerprint density at radius 3 is 2.87 bits per heavy atom. The molecule has 0 fully saturated rings. The number of alkyl halides is 3. The zero-order valence-corrected chi connectivity index (χ0v) is 12.6. The third-order valence-corrected chi connectivity index (χ3v) is 3.80. The van der Waals surface area contributed by atoms with E-state index >= 15 is 0 Å². The summed E-state index contributed by atoms with van der Waals surface area (Å²) in [7, 11) is 0. The van der Waals surface area contributed by atoms with Crippen molar-refractivity contribution in [2.75, 3.05) is 5.32 Å². The first-order valence-electron chi connectivity index (χ1n) is 6.68. The van der Waals surface area contributed by atoms with Crippen molar-refractivity contribution in [2.24, 2.45) is 0 Å². The molecule has 120 valence electrons. The summed E-state index contributed by atoms with van der Waals surface area (Å²) in [6.45, 7) is -0.698. The maximum Gasteiger partial charge on any atom is 0.408 e. The third kappa shape index (κ3) is 4.28. The average molecular weight is 339 g/mol. The molecule has 0 aliphatic heterocycles. The molecule has 1 N–H and O–H groups in total. The number of hydrogen-bond donors (Lipinski definition) is 1. The Morgan fingerprint density at radius 2 is 2.13 bits per heavy atom. The summed E-state index contributed by atoms with van der Waals surface area (Å²) >= 11 is 1.47. The molecule has 0 saturated heterocycles. The monoisotopic (exact) mass is 339 g/mol. The van der Waals surface area contributed by atoms with E-state index in [9.17, 15) is 13.2 Å². The van der Waals surface area contributed by atoms with Gasteiger partial charge in [-0.3, -0.25) is 9.67 Å². The lowest BCUT2D eigenvalue weighted by atomic mass is 10.3. The number of nitrogens with zero attached hydrogens (tertiary/aromatic N) is 4. The van der Waals surface area contributed by atoms with E-state index in [1.54, 1.807) is 6.20 Å². The largest absolute Gasteiger partial charge is 0.408 e. The average Bonchev–Trinajstić information content (AvgIpc) is 3.13. The Bertz CT molecular complexity index is 766. The molecule has 0 radical (unpaired) electrons. The van der Waals surface area contributed by atoms with Gasteiger partial charge in [-0.25, -0.2) is 4.98 Å². The van der Waals surface area contributed by atoms with Crippen LogP contribution in [-0.4, -0.2) is 25.9 Å². The molecule has 0 amide bonds. The second kappa shape index (κ2) is 6.37. The highest BCUT2D eigenvalue weighted by Crippen LogP contribution is 2.22. The molecule has 3 aromatic heterocycles. The van der Waals surface area contributed by atoms with Crippen LogP contribution in [0, 0.1) is 0 Å². The van der Waals surface area contributed by atoms with E-state index in [1.165, 1.54) is 23.7 Å². The SMILES string of the molecule is FC(F)(F)Cn1cc(NCc2csc(-c3ccccn3)n2)cn1. The van der Waals surface area contributed by atoms with Crippen LogP contribution in [0.15, 0.2) is 42.2 Å². The fourth-order valence-corrected chi connectivity index (χ4v) is 2.71. The molecule has 3 heterocycles. The Morgan fingerprint density at radius 1 is 1.26 bits per heavy atom. The van der Waals surface area contributed by atoms with Gasteiger partial charge in [-0.1, -0.05) is 6.07 Å². The van der Waals surface area contributed by atoms with Crippen molar-refractivity contribution in [3.8, 4) is 10.7 Å². The lowest BCUT2D eigenvalue weighted by Gasteiger charge is -2.05. The van der Waals surface area contributed by atoms with Gasteiger partial charge in [-0.2, -0.15) is 18.3 Å². The normalized spacial score (nSPS) is 11.6. The van der Waals surface area contributed by atoms with Crippen LogP contribution in [-0.2, 0) is 13.1 Å². The Hall–Kier alpha value is -2.42. The van der Waals surface area contributed by atoms with Crippen molar-refractivity contribution < 1.29 is 13.2 Å². The van der Waals surface area contributed by atoms with Crippen LogP contribution in [0.1, 0.15) is 5.69 Å². The van der Waals surface area contributed by atoms with Crippen molar-refractivity contribution in [1.82, 2.24) is 19.7 Å². The van der Waals surface area contributed by atoms with Crippen molar-refractivity contribution in [1.29, 1.82) is 0 Å². The van der Waals surface area contributed by atoms with Gasteiger partial charge in [0, 0.05) is 17.8 Å². The first-order chi connectivity index (χ1) is 11.0. The zero-order chi connectivity index (χ0) is 16.3. The van der Waals surface area contributed by atoms with Gasteiger partial charge < -0.3 is 5.32 Å². The van der Waals surface area contributed by atoms with Gasteiger partial charge in [0.1, 0.15) is 11.6 Å². The summed E-state index contributed by atoms with van der Waals surface area (Å²) in [6, 6.07) is 5.59. The van der Waals surface area contributed by atoms with Gasteiger partial charge in [0.15, 0.2) is 0 Å². The van der Waals surface area contributed by atoms with Crippen LogP contribution in [0.5, 0.6) is 0 Å². The van der Waals surface area contributed by atoms with Gasteiger partial charge in [0.05, 0.1) is 29.8 Å². The van der Waals surface area contributed by atoms with E-state index in [2.05, 4.69) is 20.4 Å². The van der Waals surface area contributed by atoms with E-state index in [1.807, 2.05) is 23.6 Å². The summed E-state index contributed by atoms with van der Waals surface area (Å²) in [6.07, 6.45) is 0.0940. The summed E-state index contributed by atoms with van der Waals surface area (Å²) in [4.78, 5) is 8.67. The lowest BCUT2D eigenvalue weighted by Crippen LogP contribution is -2.17. The highest BCUT2D eigenvalue weighted by Gasteiger charge is 2.28. The summed E-state index contributed by atoms with van der Waals surface area (Å²) in [5.41, 5.74) is 2.10. The maximum atomic E-state index is 12.3. The Labute approximate surface area is 133 Å². The maximum absolute atomic E-state index is 12.3. The Kier molecular flexibility index (Phi) is 4.28. The van der Waals surface area contributed by atoms with Gasteiger partial charge in [-0.05, 0) is 12.1 Å². The predicted molar refractivity (Wildman–Crippen MR) is 81.0 cm³/mol. The van der Waals surface area contributed by atoms with E-state index < -0.39 is 12.7 Å². The van der Waals surface area contributed by atoms with Crippen molar-refractivity contribution >= 4 is 17.0 Å². The van der Waals surface area contributed by atoms with Gasteiger partial charge in [0.25, 0.3) is 0 Å². The number of anilines is 1. The van der Waals surface area contributed by atoms with Gasteiger partial charge in [0.2, 0.25) is 0 Å². The number of pyridine rings is 1. The van der Waals surface area contributed by atoms with Crippen LogP contribution in [0.3, 0.4) is 0 Å². The summed E-state index contributed by atoms with van der Waals surface area (Å²) < 4.78 is 37.7. The van der Waals surface area contributed by atoms with Crippen LogP contribution < -0.4 is 5.32 Å². The molecule has 0 bridgehead atoms. The van der Waals surface area contributed by atoms with Crippen molar-refractivity contribution in [3.05, 3.63) is 47.9 Å². The molecule has 9 heteroatoms. The first kappa shape index (κ1) is 15.5.